The molecule has 0 atom stereocenters. The molecule has 0 radical (unpaired) electrons. The van der Waals surface area contributed by atoms with E-state index < -0.39 is 5.79 Å². The van der Waals surface area contributed by atoms with Crippen molar-refractivity contribution in [3.8, 4) is 39.4 Å². The van der Waals surface area contributed by atoms with Crippen molar-refractivity contribution in [1.29, 1.82) is 0 Å². The maximum Gasteiger partial charge on any atom is 0.245 e. The Hall–Kier alpha value is -5.99. The second kappa shape index (κ2) is 9.25. The first-order valence-corrected chi connectivity index (χ1v) is 15.0. The second-order valence-corrected chi connectivity index (χ2v) is 11.9. The fourth-order valence-corrected chi connectivity index (χ4v) is 6.83. The quantitative estimate of drug-likeness (QED) is 0.190. The number of furan rings is 1. The van der Waals surface area contributed by atoms with Crippen LogP contribution in [0.4, 0.5) is 5.69 Å². The van der Waals surface area contributed by atoms with Crippen molar-refractivity contribution < 1.29 is 13.9 Å². The molecule has 0 N–H and O–H groups in total. The van der Waals surface area contributed by atoms with E-state index in [2.05, 4.69) is 70.1 Å². The molecular weight excluding hydrogens is 556 g/mol. The Morgan fingerprint density at radius 2 is 1.38 bits per heavy atom. The van der Waals surface area contributed by atoms with Gasteiger partial charge in [0.2, 0.25) is 5.79 Å². The van der Waals surface area contributed by atoms with E-state index >= 15 is 0 Å². The van der Waals surface area contributed by atoms with E-state index in [-0.39, 0.29) is 0 Å². The Kier molecular flexibility index (Phi) is 5.24. The fraction of sp³-hybridized carbons (Fsp3) is 0.0750. The minimum atomic E-state index is -0.891. The standard InChI is InChI=1S/C40H26N2O3/c1-40(2)44-36-20-17-26(42-33-12-6-4-9-28(33)31-22-25(41-3)16-19-34(31)42)23-32(36)29-18-15-24(21-38(29)45-40)27-11-8-14-37-39(27)30-10-5-7-13-35(30)43-37/h4-23H,1-2H3. The molecule has 0 amide bonds. The van der Waals surface area contributed by atoms with Crippen LogP contribution in [-0.4, -0.2) is 10.4 Å². The van der Waals surface area contributed by atoms with Gasteiger partial charge in [0.05, 0.1) is 17.6 Å². The third-order valence-electron chi connectivity index (χ3n) is 8.70. The summed E-state index contributed by atoms with van der Waals surface area (Å²) in [6.07, 6.45) is 0. The molecule has 45 heavy (non-hydrogen) atoms. The maximum absolute atomic E-state index is 7.55. The van der Waals surface area contributed by atoms with E-state index in [1.807, 2.05) is 74.5 Å². The summed E-state index contributed by atoms with van der Waals surface area (Å²) in [4.78, 5) is 3.68. The normalized spacial score (nSPS) is 13.6. The van der Waals surface area contributed by atoms with Gasteiger partial charge in [-0.25, -0.2) is 4.85 Å². The molecule has 1 aliphatic rings. The molecule has 5 heteroatoms. The fourth-order valence-electron chi connectivity index (χ4n) is 6.83. The highest BCUT2D eigenvalue weighted by Crippen LogP contribution is 2.47. The summed E-state index contributed by atoms with van der Waals surface area (Å²) in [7, 11) is 0. The van der Waals surface area contributed by atoms with E-state index in [1.165, 1.54) is 0 Å². The minimum Gasteiger partial charge on any atom is -0.456 e. The number of benzene rings is 6. The molecule has 3 heterocycles. The number of rotatable bonds is 2. The Morgan fingerprint density at radius 3 is 2.27 bits per heavy atom. The molecular formula is C40H26N2O3. The summed E-state index contributed by atoms with van der Waals surface area (Å²) in [5.74, 6) is 0.619. The molecule has 0 saturated heterocycles. The zero-order valence-corrected chi connectivity index (χ0v) is 24.7. The van der Waals surface area contributed by atoms with Crippen molar-refractivity contribution in [3.63, 3.8) is 0 Å². The van der Waals surface area contributed by atoms with Gasteiger partial charge in [-0.05, 0) is 77.2 Å². The molecule has 214 valence electrons. The molecule has 5 nitrogen and oxygen atoms in total. The minimum absolute atomic E-state index is 0.629. The average molecular weight is 583 g/mol. The van der Waals surface area contributed by atoms with Crippen molar-refractivity contribution in [1.82, 2.24) is 4.57 Å². The number of aromatic nitrogens is 1. The number of fused-ring (bicyclic) bond motifs is 9. The third kappa shape index (κ3) is 3.86. The first kappa shape index (κ1) is 25.5. The highest BCUT2D eigenvalue weighted by molar-refractivity contribution is 6.13. The predicted octanol–water partition coefficient (Wildman–Crippen LogP) is 11.1. The van der Waals surface area contributed by atoms with E-state index in [0.29, 0.717) is 5.69 Å². The molecule has 0 bridgehead atoms. The SMILES string of the molecule is [C-]#[N+]c1ccc2c(c1)c1ccccc1n2-c1ccc2c(c1)-c1ccc(-c3cccc4oc5ccccc5c34)cc1OC(C)(C)O2. The first-order chi connectivity index (χ1) is 22.0. The molecule has 1 aliphatic heterocycles. The number of nitrogens with zero attached hydrogens (tertiary/aromatic N) is 2. The van der Waals surface area contributed by atoms with Gasteiger partial charge in [-0.3, -0.25) is 0 Å². The largest absolute Gasteiger partial charge is 0.456 e. The Balaban J connectivity index is 1.25. The van der Waals surface area contributed by atoms with E-state index in [4.69, 9.17) is 20.5 Å². The summed E-state index contributed by atoms with van der Waals surface area (Å²) in [5.41, 5.74) is 9.53. The van der Waals surface area contributed by atoms with Crippen LogP contribution in [0.3, 0.4) is 0 Å². The lowest BCUT2D eigenvalue weighted by Crippen LogP contribution is -2.34. The second-order valence-electron chi connectivity index (χ2n) is 11.9. The van der Waals surface area contributed by atoms with Gasteiger partial charge in [-0.1, -0.05) is 60.7 Å². The molecule has 0 spiro atoms. The highest BCUT2D eigenvalue weighted by atomic mass is 16.7. The first-order valence-electron chi connectivity index (χ1n) is 15.0. The molecule has 2 aromatic heterocycles. The van der Waals surface area contributed by atoms with Gasteiger partial charge in [0.25, 0.3) is 0 Å². The van der Waals surface area contributed by atoms with Crippen molar-refractivity contribution in [2.75, 3.05) is 0 Å². The lowest BCUT2D eigenvalue weighted by molar-refractivity contribution is -0.0778. The molecule has 0 fully saturated rings. The van der Waals surface area contributed by atoms with Crippen LogP contribution in [0.15, 0.2) is 126 Å². The van der Waals surface area contributed by atoms with Gasteiger partial charge >= 0.3 is 0 Å². The lowest BCUT2D eigenvalue weighted by Gasteiger charge is -2.26. The van der Waals surface area contributed by atoms with Crippen LogP contribution in [0.5, 0.6) is 11.5 Å². The Bertz CT molecular complexity index is 2540. The topological polar surface area (TPSA) is 40.9 Å². The van der Waals surface area contributed by atoms with Gasteiger partial charge in [-0.15, -0.1) is 0 Å². The van der Waals surface area contributed by atoms with Crippen molar-refractivity contribution in [3.05, 3.63) is 133 Å². The number of ether oxygens (including phenoxy) is 2. The van der Waals surface area contributed by atoms with Crippen LogP contribution in [0.1, 0.15) is 13.8 Å². The summed E-state index contributed by atoms with van der Waals surface area (Å²) < 4.78 is 21.5. The average Bonchev–Trinajstić information content (AvgIpc) is 3.57. The number of para-hydroxylation sites is 2. The summed E-state index contributed by atoms with van der Waals surface area (Å²) in [5, 5.41) is 4.35. The van der Waals surface area contributed by atoms with Gasteiger partial charge in [0.1, 0.15) is 22.7 Å². The van der Waals surface area contributed by atoms with Crippen LogP contribution < -0.4 is 9.47 Å². The van der Waals surface area contributed by atoms with Gasteiger partial charge in [-0.2, -0.15) is 0 Å². The smallest absolute Gasteiger partial charge is 0.245 e. The molecule has 6 aromatic carbocycles. The van der Waals surface area contributed by atoms with Crippen LogP contribution in [-0.2, 0) is 0 Å². The van der Waals surface area contributed by atoms with Crippen LogP contribution in [0.25, 0.3) is 76.5 Å². The Labute approximate surface area is 259 Å². The highest BCUT2D eigenvalue weighted by Gasteiger charge is 2.30. The molecule has 0 saturated carbocycles. The maximum atomic E-state index is 7.55. The van der Waals surface area contributed by atoms with Crippen LogP contribution in [0.2, 0.25) is 0 Å². The Morgan fingerprint density at radius 1 is 0.600 bits per heavy atom. The summed E-state index contributed by atoms with van der Waals surface area (Å²) >= 11 is 0. The van der Waals surface area contributed by atoms with Gasteiger partial charge in [0.15, 0.2) is 5.69 Å². The summed E-state index contributed by atoms with van der Waals surface area (Å²) in [6, 6.07) is 41.3. The lowest BCUT2D eigenvalue weighted by atomic mass is 9.95. The summed E-state index contributed by atoms with van der Waals surface area (Å²) in [6.45, 7) is 11.4. The van der Waals surface area contributed by atoms with Crippen molar-refractivity contribution in [2.45, 2.75) is 19.6 Å². The van der Waals surface area contributed by atoms with E-state index in [9.17, 15) is 0 Å². The van der Waals surface area contributed by atoms with Crippen molar-refractivity contribution in [2.24, 2.45) is 0 Å². The molecule has 0 unspecified atom stereocenters. The monoisotopic (exact) mass is 582 g/mol. The third-order valence-corrected chi connectivity index (χ3v) is 8.70. The van der Waals surface area contributed by atoms with Crippen LogP contribution in [0, 0.1) is 6.57 Å². The predicted molar refractivity (Wildman–Crippen MR) is 181 cm³/mol. The van der Waals surface area contributed by atoms with Gasteiger partial charge in [0, 0.05) is 46.8 Å². The number of hydrogen-bond donors (Lipinski definition) is 0. The van der Waals surface area contributed by atoms with Crippen molar-refractivity contribution >= 4 is 49.4 Å². The molecule has 0 aliphatic carbocycles. The molecule has 8 aromatic rings. The van der Waals surface area contributed by atoms with Crippen LogP contribution >= 0.6 is 0 Å². The van der Waals surface area contributed by atoms with E-state index in [1.54, 1.807) is 0 Å². The van der Waals surface area contributed by atoms with Gasteiger partial charge < -0.3 is 18.5 Å². The van der Waals surface area contributed by atoms with E-state index in [0.717, 1.165) is 83.2 Å². The zero-order chi connectivity index (χ0) is 30.3. The number of hydrogen-bond acceptors (Lipinski definition) is 3. The zero-order valence-electron chi connectivity index (χ0n) is 24.7. The molecule has 9 rings (SSSR count).